The minimum absolute atomic E-state index is 0.159. The molecule has 0 heterocycles. The Balaban J connectivity index is 2.48. The summed E-state index contributed by atoms with van der Waals surface area (Å²) < 4.78 is 41.5. The van der Waals surface area contributed by atoms with E-state index in [1.165, 1.54) is 37.3 Å². The third-order valence-electron chi connectivity index (χ3n) is 4.15. The quantitative estimate of drug-likeness (QED) is 0.266. The molecule has 0 spiro atoms. The molecule has 0 amide bonds. The van der Waals surface area contributed by atoms with Gasteiger partial charge in [-0.25, -0.2) is 0 Å². The van der Waals surface area contributed by atoms with Gasteiger partial charge in [-0.05, 0) is 30.5 Å². The van der Waals surface area contributed by atoms with Gasteiger partial charge in [-0.2, -0.15) is 8.42 Å². The lowest BCUT2D eigenvalue weighted by Gasteiger charge is -2.20. The summed E-state index contributed by atoms with van der Waals surface area (Å²) in [6, 6.07) is 7.87. The summed E-state index contributed by atoms with van der Waals surface area (Å²) in [6.07, 6.45) is 6.25. The first-order chi connectivity index (χ1) is 12.8. The molecule has 2 atom stereocenters. The Kier molecular flexibility index (Phi) is 11.3. The van der Waals surface area contributed by atoms with Crippen LogP contribution in [-0.2, 0) is 21.3 Å². The van der Waals surface area contributed by atoms with Crippen LogP contribution in [-0.4, -0.2) is 49.3 Å². The Morgan fingerprint density at radius 3 is 2.48 bits per heavy atom. The summed E-state index contributed by atoms with van der Waals surface area (Å²) >= 11 is 0. The maximum Gasteiger partial charge on any atom is 0.267 e. The molecule has 1 rings (SSSR count). The molecular weight excluding hydrogens is 368 g/mol. The maximum atomic E-state index is 10.8. The summed E-state index contributed by atoms with van der Waals surface area (Å²) in [6.45, 7) is 5.70. The molecule has 0 aliphatic carbocycles. The number of hydrogen-bond donors (Lipinski definition) is 2. The second-order valence-corrected chi connectivity index (χ2v) is 8.16. The molecule has 7 heteroatoms. The SMILES string of the molecule is C=CC(O)CC(COc1ccc(CCCCCC)cc1)OCCS(=O)(=O)O. The number of aryl methyl sites for hydroxylation is 1. The second kappa shape index (κ2) is 12.9. The van der Waals surface area contributed by atoms with Crippen molar-refractivity contribution in [3.05, 3.63) is 42.5 Å². The van der Waals surface area contributed by atoms with Crippen molar-refractivity contribution in [3.63, 3.8) is 0 Å². The van der Waals surface area contributed by atoms with Gasteiger partial charge in [-0.3, -0.25) is 4.55 Å². The first-order valence-corrected chi connectivity index (χ1v) is 11.0. The number of hydrogen-bond acceptors (Lipinski definition) is 5. The average molecular weight is 401 g/mol. The molecule has 27 heavy (non-hydrogen) atoms. The van der Waals surface area contributed by atoms with Crippen LogP contribution in [0.3, 0.4) is 0 Å². The monoisotopic (exact) mass is 400 g/mol. The topological polar surface area (TPSA) is 93.1 Å². The fourth-order valence-electron chi connectivity index (χ4n) is 2.57. The number of aliphatic hydroxyl groups is 1. The van der Waals surface area contributed by atoms with E-state index in [2.05, 4.69) is 13.5 Å². The highest BCUT2D eigenvalue weighted by Crippen LogP contribution is 2.16. The van der Waals surface area contributed by atoms with E-state index in [4.69, 9.17) is 14.0 Å². The van der Waals surface area contributed by atoms with Crippen LogP contribution in [0.5, 0.6) is 5.75 Å². The molecule has 0 radical (unpaired) electrons. The Morgan fingerprint density at radius 2 is 1.89 bits per heavy atom. The third kappa shape index (κ3) is 11.8. The lowest BCUT2D eigenvalue weighted by molar-refractivity contribution is 0.00302. The molecule has 2 N–H and O–H groups in total. The van der Waals surface area contributed by atoms with Gasteiger partial charge >= 0.3 is 0 Å². The molecule has 0 aliphatic rings. The van der Waals surface area contributed by atoms with Crippen LogP contribution in [0.2, 0.25) is 0 Å². The van der Waals surface area contributed by atoms with E-state index in [0.29, 0.717) is 5.75 Å². The molecular formula is C20H32O6S. The standard InChI is InChI=1S/C20H32O6S/c1-3-5-6-7-8-17-9-11-19(12-10-17)26-16-20(15-18(21)4-2)25-13-14-27(22,23)24/h4,9-12,18,20-21H,2-3,5-8,13-16H2,1H3,(H,22,23,24). The predicted octanol–water partition coefficient (Wildman–Crippen LogP) is 3.40. The lowest BCUT2D eigenvalue weighted by Crippen LogP contribution is -2.28. The minimum Gasteiger partial charge on any atom is -0.491 e. The summed E-state index contributed by atoms with van der Waals surface area (Å²) in [4.78, 5) is 0. The molecule has 6 nitrogen and oxygen atoms in total. The van der Waals surface area contributed by atoms with Crippen molar-refractivity contribution >= 4 is 10.1 Å². The fraction of sp³-hybridized carbons (Fsp3) is 0.600. The number of rotatable bonds is 15. The number of ether oxygens (including phenoxy) is 2. The van der Waals surface area contributed by atoms with Crippen LogP contribution in [0.15, 0.2) is 36.9 Å². The van der Waals surface area contributed by atoms with Crippen LogP contribution < -0.4 is 4.74 Å². The fourth-order valence-corrected chi connectivity index (χ4v) is 2.87. The van der Waals surface area contributed by atoms with Crippen LogP contribution in [0, 0.1) is 0 Å². The van der Waals surface area contributed by atoms with Gasteiger partial charge in [-0.15, -0.1) is 6.58 Å². The predicted molar refractivity (Wildman–Crippen MR) is 107 cm³/mol. The highest BCUT2D eigenvalue weighted by Gasteiger charge is 2.16. The normalized spacial score (nSPS) is 13.9. The first-order valence-electron chi connectivity index (χ1n) is 9.43. The minimum atomic E-state index is -4.09. The Labute approximate surface area is 163 Å². The number of aliphatic hydroxyl groups excluding tert-OH is 1. The van der Waals surface area contributed by atoms with Crippen LogP contribution in [0.4, 0.5) is 0 Å². The molecule has 0 saturated carbocycles. The zero-order valence-corrected chi connectivity index (χ0v) is 16.9. The van der Waals surface area contributed by atoms with Crippen molar-refractivity contribution < 1.29 is 27.6 Å². The van der Waals surface area contributed by atoms with E-state index in [1.54, 1.807) is 0 Å². The molecule has 0 saturated heterocycles. The summed E-state index contributed by atoms with van der Waals surface area (Å²) in [5.74, 6) is 0.184. The van der Waals surface area contributed by atoms with Crippen LogP contribution in [0.25, 0.3) is 0 Å². The van der Waals surface area contributed by atoms with Gasteiger partial charge in [0.2, 0.25) is 0 Å². The van der Waals surface area contributed by atoms with Crippen molar-refractivity contribution in [1.82, 2.24) is 0 Å². The van der Waals surface area contributed by atoms with Gasteiger partial charge in [0.15, 0.2) is 0 Å². The first kappa shape index (κ1) is 23.6. The zero-order valence-electron chi connectivity index (χ0n) is 16.0. The smallest absolute Gasteiger partial charge is 0.267 e. The van der Waals surface area contributed by atoms with Crippen LogP contribution in [0.1, 0.15) is 44.6 Å². The zero-order chi connectivity index (χ0) is 20.1. The molecule has 0 aromatic heterocycles. The molecule has 1 aromatic carbocycles. The van der Waals surface area contributed by atoms with Gasteiger partial charge in [-0.1, -0.05) is 44.4 Å². The Bertz CT molecular complexity index is 626. The van der Waals surface area contributed by atoms with E-state index in [9.17, 15) is 13.5 Å². The number of unbranched alkanes of at least 4 members (excludes halogenated alkanes) is 3. The Morgan fingerprint density at radius 1 is 1.19 bits per heavy atom. The van der Waals surface area contributed by atoms with E-state index in [0.717, 1.165) is 6.42 Å². The summed E-state index contributed by atoms with van der Waals surface area (Å²) in [5, 5.41) is 9.72. The van der Waals surface area contributed by atoms with Crippen molar-refractivity contribution in [3.8, 4) is 5.75 Å². The van der Waals surface area contributed by atoms with Gasteiger partial charge in [0.25, 0.3) is 10.1 Å². The highest BCUT2D eigenvalue weighted by atomic mass is 32.2. The van der Waals surface area contributed by atoms with Crippen LogP contribution >= 0.6 is 0 Å². The van der Waals surface area contributed by atoms with Gasteiger partial charge in [0, 0.05) is 6.42 Å². The van der Waals surface area contributed by atoms with Crippen molar-refractivity contribution in [2.45, 2.75) is 57.7 Å². The van der Waals surface area contributed by atoms with Gasteiger partial charge in [0.05, 0.1) is 24.6 Å². The second-order valence-electron chi connectivity index (χ2n) is 6.58. The highest BCUT2D eigenvalue weighted by molar-refractivity contribution is 7.85. The van der Waals surface area contributed by atoms with E-state index >= 15 is 0 Å². The average Bonchev–Trinajstić information content (AvgIpc) is 2.63. The summed E-state index contributed by atoms with van der Waals surface area (Å²) in [5.41, 5.74) is 1.27. The van der Waals surface area contributed by atoms with Gasteiger partial charge < -0.3 is 14.6 Å². The van der Waals surface area contributed by atoms with E-state index in [1.807, 2.05) is 24.3 Å². The molecule has 2 unspecified atom stereocenters. The van der Waals surface area contributed by atoms with Crippen molar-refractivity contribution in [1.29, 1.82) is 0 Å². The van der Waals surface area contributed by atoms with E-state index < -0.39 is 28.1 Å². The van der Waals surface area contributed by atoms with E-state index in [-0.39, 0.29) is 19.6 Å². The maximum absolute atomic E-state index is 10.8. The molecule has 0 bridgehead atoms. The lowest BCUT2D eigenvalue weighted by atomic mass is 10.1. The van der Waals surface area contributed by atoms with Gasteiger partial charge in [0.1, 0.15) is 12.4 Å². The molecule has 1 aromatic rings. The largest absolute Gasteiger partial charge is 0.491 e. The van der Waals surface area contributed by atoms with Crippen molar-refractivity contribution in [2.75, 3.05) is 19.0 Å². The molecule has 0 aliphatic heterocycles. The molecule has 0 fully saturated rings. The summed E-state index contributed by atoms with van der Waals surface area (Å²) in [7, 11) is -4.09. The Hall–Kier alpha value is -1.41. The third-order valence-corrected chi connectivity index (χ3v) is 4.83. The molecule has 154 valence electrons. The van der Waals surface area contributed by atoms with Crippen molar-refractivity contribution in [2.24, 2.45) is 0 Å². The number of benzene rings is 1.